The van der Waals surface area contributed by atoms with Crippen LogP contribution in [0.2, 0.25) is 0 Å². The minimum Gasteiger partial charge on any atom is -0.370 e. The van der Waals surface area contributed by atoms with Crippen molar-refractivity contribution in [1.29, 1.82) is 5.26 Å². The fourth-order valence-corrected chi connectivity index (χ4v) is 7.10. The summed E-state index contributed by atoms with van der Waals surface area (Å²) in [5.41, 5.74) is 9.73. The molecule has 4 aliphatic carbocycles. The van der Waals surface area contributed by atoms with Crippen LogP contribution in [-0.2, 0) is 16.1 Å². The van der Waals surface area contributed by atoms with Gasteiger partial charge in [-0.3, -0.25) is 4.79 Å². The Balaban J connectivity index is 1.24. The summed E-state index contributed by atoms with van der Waals surface area (Å²) in [6, 6.07) is 11.7. The Morgan fingerprint density at radius 2 is 2.00 bits per heavy atom. The van der Waals surface area contributed by atoms with Gasteiger partial charge in [-0.15, -0.1) is 0 Å². The molecule has 6 rings (SSSR count). The SMILES string of the molecule is N#CC1CC(N=[N+]=[N-])CN1C(=O)CNC12CC3CC(C1)CC(OCc1ccccc1)(C3)C2. The van der Waals surface area contributed by atoms with Gasteiger partial charge in [0.2, 0.25) is 5.91 Å². The van der Waals surface area contributed by atoms with Crippen LogP contribution in [0.4, 0.5) is 0 Å². The monoisotopic (exact) mass is 434 g/mol. The van der Waals surface area contributed by atoms with Crippen LogP contribution in [0.5, 0.6) is 0 Å². The lowest BCUT2D eigenvalue weighted by atomic mass is 9.51. The molecular weight excluding hydrogens is 404 g/mol. The first kappa shape index (κ1) is 21.3. The first-order valence-corrected chi connectivity index (χ1v) is 11.7. The van der Waals surface area contributed by atoms with E-state index in [0.29, 0.717) is 31.4 Å². The summed E-state index contributed by atoms with van der Waals surface area (Å²) in [6.07, 6.45) is 7.04. The molecule has 0 radical (unpaired) electrons. The smallest absolute Gasteiger partial charge is 0.237 e. The molecule has 1 saturated heterocycles. The molecule has 1 aromatic carbocycles. The van der Waals surface area contributed by atoms with Crippen LogP contribution < -0.4 is 5.32 Å². The number of carbonyl (C=O) groups excluding carboxylic acids is 1. The Morgan fingerprint density at radius 3 is 2.69 bits per heavy atom. The van der Waals surface area contributed by atoms with Crippen molar-refractivity contribution in [2.24, 2.45) is 17.0 Å². The number of nitrogens with zero attached hydrogens (tertiary/aromatic N) is 5. The maximum Gasteiger partial charge on any atom is 0.237 e. The summed E-state index contributed by atoms with van der Waals surface area (Å²) in [5, 5.41) is 16.8. The zero-order chi connectivity index (χ0) is 22.2. The lowest BCUT2D eigenvalue weighted by Gasteiger charge is -2.62. The molecule has 0 spiro atoms. The van der Waals surface area contributed by atoms with Crippen LogP contribution in [0.15, 0.2) is 35.4 Å². The van der Waals surface area contributed by atoms with Gasteiger partial charge in [-0.2, -0.15) is 5.26 Å². The number of carbonyl (C=O) groups is 1. The Kier molecular flexibility index (Phi) is 5.58. The van der Waals surface area contributed by atoms with E-state index in [-0.39, 0.29) is 29.6 Å². The van der Waals surface area contributed by atoms with Crippen molar-refractivity contribution in [2.75, 3.05) is 13.1 Å². The van der Waals surface area contributed by atoms with Crippen LogP contribution in [-0.4, -0.2) is 47.1 Å². The molecule has 1 heterocycles. The van der Waals surface area contributed by atoms with Gasteiger partial charge in [0.1, 0.15) is 6.04 Å². The molecule has 8 nitrogen and oxygen atoms in total. The van der Waals surface area contributed by atoms with Crippen molar-refractivity contribution in [3.63, 3.8) is 0 Å². The van der Waals surface area contributed by atoms with Crippen LogP contribution in [0, 0.1) is 23.2 Å². The molecular formula is C24H30N6O2. The van der Waals surface area contributed by atoms with Gasteiger partial charge >= 0.3 is 0 Å². The van der Waals surface area contributed by atoms with Crippen LogP contribution in [0.1, 0.15) is 50.5 Å². The van der Waals surface area contributed by atoms with Gasteiger partial charge in [-0.05, 0) is 67.9 Å². The van der Waals surface area contributed by atoms with E-state index >= 15 is 0 Å². The molecule has 168 valence electrons. The number of nitriles is 1. The lowest BCUT2D eigenvalue weighted by molar-refractivity contribution is -0.182. The van der Waals surface area contributed by atoms with E-state index in [0.717, 1.165) is 32.1 Å². The van der Waals surface area contributed by atoms with Crippen LogP contribution in [0.25, 0.3) is 10.4 Å². The Morgan fingerprint density at radius 1 is 1.25 bits per heavy atom. The highest BCUT2D eigenvalue weighted by molar-refractivity contribution is 5.79. The zero-order valence-electron chi connectivity index (χ0n) is 18.3. The minimum absolute atomic E-state index is 0.0670. The largest absolute Gasteiger partial charge is 0.370 e. The van der Waals surface area contributed by atoms with Gasteiger partial charge in [0, 0.05) is 17.0 Å². The third-order valence-electron chi connectivity index (χ3n) is 7.97. The summed E-state index contributed by atoms with van der Waals surface area (Å²) in [6.45, 7) is 1.17. The molecule has 4 bridgehead atoms. The molecule has 4 unspecified atom stereocenters. The van der Waals surface area contributed by atoms with E-state index in [1.807, 2.05) is 18.2 Å². The quantitative estimate of drug-likeness (QED) is 0.400. The molecule has 4 atom stereocenters. The summed E-state index contributed by atoms with van der Waals surface area (Å²) in [4.78, 5) is 17.4. The van der Waals surface area contributed by atoms with E-state index < -0.39 is 6.04 Å². The minimum atomic E-state index is -0.517. The van der Waals surface area contributed by atoms with Crippen molar-refractivity contribution in [3.8, 4) is 6.07 Å². The van der Waals surface area contributed by atoms with Gasteiger partial charge in [0.15, 0.2) is 0 Å². The van der Waals surface area contributed by atoms with Gasteiger partial charge in [-0.1, -0.05) is 35.4 Å². The molecule has 0 aromatic heterocycles. The predicted molar refractivity (Wildman–Crippen MR) is 118 cm³/mol. The predicted octanol–water partition coefficient (Wildman–Crippen LogP) is 3.69. The van der Waals surface area contributed by atoms with Crippen LogP contribution >= 0.6 is 0 Å². The number of azide groups is 1. The Hall–Kier alpha value is -2.59. The third kappa shape index (κ3) is 4.09. The lowest BCUT2D eigenvalue weighted by Crippen LogP contribution is -2.66. The van der Waals surface area contributed by atoms with Crippen molar-refractivity contribution < 1.29 is 9.53 Å². The summed E-state index contributed by atoms with van der Waals surface area (Å²) in [5.74, 6) is 1.20. The number of likely N-dealkylation sites (tertiary alicyclic amines) is 1. The van der Waals surface area contributed by atoms with Gasteiger partial charge in [0.25, 0.3) is 0 Å². The molecule has 4 saturated carbocycles. The number of benzene rings is 1. The number of nitrogens with one attached hydrogen (secondary N) is 1. The summed E-state index contributed by atoms with van der Waals surface area (Å²) in [7, 11) is 0. The first-order valence-electron chi connectivity index (χ1n) is 11.7. The molecule has 32 heavy (non-hydrogen) atoms. The van der Waals surface area contributed by atoms with E-state index in [1.54, 1.807) is 4.90 Å². The fraction of sp³-hybridized carbons (Fsp3) is 0.667. The second kappa shape index (κ2) is 8.40. The zero-order valence-corrected chi connectivity index (χ0v) is 18.3. The van der Waals surface area contributed by atoms with E-state index in [9.17, 15) is 10.1 Å². The van der Waals surface area contributed by atoms with Crippen molar-refractivity contribution in [1.82, 2.24) is 10.2 Å². The topological polar surface area (TPSA) is 114 Å². The van der Waals surface area contributed by atoms with Crippen molar-refractivity contribution in [2.45, 2.75) is 74.8 Å². The molecule has 8 heteroatoms. The molecule has 1 amide bonds. The number of ether oxygens (including phenoxy) is 1. The summed E-state index contributed by atoms with van der Waals surface area (Å²) >= 11 is 0. The second-order valence-electron chi connectivity index (χ2n) is 10.3. The van der Waals surface area contributed by atoms with Crippen molar-refractivity contribution in [3.05, 3.63) is 46.3 Å². The first-order chi connectivity index (χ1) is 15.5. The highest BCUT2D eigenvalue weighted by Crippen LogP contribution is 2.59. The van der Waals surface area contributed by atoms with Gasteiger partial charge in [0.05, 0.1) is 30.9 Å². The summed E-state index contributed by atoms with van der Waals surface area (Å²) < 4.78 is 6.61. The van der Waals surface area contributed by atoms with E-state index in [1.165, 1.54) is 12.0 Å². The molecule has 5 aliphatic rings. The number of amides is 1. The van der Waals surface area contributed by atoms with E-state index in [4.69, 9.17) is 10.3 Å². The van der Waals surface area contributed by atoms with E-state index in [2.05, 4.69) is 33.5 Å². The maximum absolute atomic E-state index is 13.0. The Bertz CT molecular complexity index is 939. The number of hydrogen-bond acceptors (Lipinski definition) is 5. The van der Waals surface area contributed by atoms with Crippen LogP contribution in [0.3, 0.4) is 0 Å². The fourth-order valence-electron chi connectivity index (χ4n) is 7.10. The molecule has 1 N–H and O–H groups in total. The average molecular weight is 435 g/mol. The molecule has 1 aliphatic heterocycles. The normalized spacial score (nSPS) is 37.2. The average Bonchev–Trinajstić information content (AvgIpc) is 3.19. The third-order valence-corrected chi connectivity index (χ3v) is 7.97. The second-order valence-corrected chi connectivity index (χ2v) is 10.3. The standard InChI is InChI=1S/C24H30N6O2/c25-12-21-7-20(28-29-26)14-30(21)22(31)13-27-23-8-18-6-19(9-23)11-24(10-18,16-23)32-15-17-4-2-1-3-5-17/h1-5,18-21,27H,6-11,13-16H2. The van der Waals surface area contributed by atoms with Gasteiger partial charge in [-0.25, -0.2) is 0 Å². The number of rotatable bonds is 7. The number of hydrogen-bond donors (Lipinski definition) is 1. The van der Waals surface area contributed by atoms with Gasteiger partial charge < -0.3 is 15.0 Å². The Labute approximate surface area is 188 Å². The molecule has 5 fully saturated rings. The maximum atomic E-state index is 13.0. The molecule has 1 aromatic rings. The highest BCUT2D eigenvalue weighted by Gasteiger charge is 2.58. The highest BCUT2D eigenvalue weighted by atomic mass is 16.5. The van der Waals surface area contributed by atoms with Crippen molar-refractivity contribution >= 4 is 5.91 Å².